The fourth-order valence-corrected chi connectivity index (χ4v) is 5.63. The summed E-state index contributed by atoms with van der Waals surface area (Å²) in [6.07, 6.45) is 0. The number of hydrogen-bond acceptors (Lipinski definition) is 0. The van der Waals surface area contributed by atoms with Crippen LogP contribution in [0.3, 0.4) is 0 Å². The van der Waals surface area contributed by atoms with Crippen molar-refractivity contribution in [1.82, 2.24) is 0 Å². The lowest BCUT2D eigenvalue weighted by Crippen LogP contribution is -2.03. The summed E-state index contributed by atoms with van der Waals surface area (Å²) < 4.78 is 0. The van der Waals surface area contributed by atoms with Crippen LogP contribution in [0.15, 0.2) is 48.5 Å². The molecule has 0 bridgehead atoms. The normalized spacial score (nSPS) is 11.2. The molecule has 0 aliphatic heterocycles. The Balaban J connectivity index is 2.28. The van der Waals surface area contributed by atoms with Gasteiger partial charge in [-0.25, -0.2) is 0 Å². The van der Waals surface area contributed by atoms with Crippen molar-refractivity contribution < 1.29 is 0 Å². The third-order valence-electron chi connectivity index (χ3n) is 9.11. The average molecular weight is 501 g/mol. The number of rotatable bonds is 4. The highest BCUT2D eigenvalue weighted by molar-refractivity contribution is 6.05. The Kier molecular flexibility index (Phi) is 7.57. The van der Waals surface area contributed by atoms with Gasteiger partial charge in [0.1, 0.15) is 0 Å². The lowest BCUT2D eigenvalue weighted by atomic mass is 9.81. The van der Waals surface area contributed by atoms with Crippen LogP contribution in [0.2, 0.25) is 0 Å². The number of aryl methyl sites for hydroxylation is 8. The summed E-state index contributed by atoms with van der Waals surface area (Å²) in [6.45, 7) is 26.9. The third kappa shape index (κ3) is 5.02. The minimum atomic E-state index is 1.29. The molecule has 0 atom stereocenters. The van der Waals surface area contributed by atoms with E-state index in [2.05, 4.69) is 132 Å². The van der Waals surface area contributed by atoms with Crippen molar-refractivity contribution in [3.05, 3.63) is 138 Å². The van der Waals surface area contributed by atoms with E-state index in [1.807, 2.05) is 0 Å². The maximum atomic E-state index is 2.39. The molecule has 0 heteroatoms. The van der Waals surface area contributed by atoms with Gasteiger partial charge in [-0.15, -0.1) is 0 Å². The molecule has 0 saturated carbocycles. The zero-order chi connectivity index (χ0) is 28.0. The Bertz CT molecular complexity index is 1270. The lowest BCUT2D eigenvalue weighted by molar-refractivity contribution is 1.23. The van der Waals surface area contributed by atoms with Crippen molar-refractivity contribution in [1.29, 1.82) is 0 Å². The molecular weight excluding hydrogens is 456 g/mol. The van der Waals surface area contributed by atoms with Crippen LogP contribution in [-0.2, 0) is 0 Å². The summed E-state index contributed by atoms with van der Waals surface area (Å²) in [5.74, 6) is 0. The standard InChI is InChI=1S/C38H44/c1-21-13-33(14-22(2)29(21)9)37(34-15-23(3)30(10)24(4)16-34)38(35-17-25(5)31(11)26(6)18-35)36-19-27(7)32(12)28(8)20-36/h13-20H,1-12H3. The molecule has 4 rings (SSSR count). The van der Waals surface area contributed by atoms with E-state index in [-0.39, 0.29) is 0 Å². The van der Waals surface area contributed by atoms with Crippen LogP contribution >= 0.6 is 0 Å². The van der Waals surface area contributed by atoms with E-state index in [4.69, 9.17) is 0 Å². The van der Waals surface area contributed by atoms with Gasteiger partial charge in [-0.2, -0.15) is 0 Å². The van der Waals surface area contributed by atoms with Gasteiger partial charge in [0.2, 0.25) is 0 Å². The van der Waals surface area contributed by atoms with E-state index in [9.17, 15) is 0 Å². The first-order valence-corrected chi connectivity index (χ1v) is 13.9. The molecule has 0 spiro atoms. The molecule has 0 unspecified atom stereocenters. The number of benzene rings is 4. The van der Waals surface area contributed by atoms with E-state index in [0.29, 0.717) is 0 Å². The molecule has 0 nitrogen and oxygen atoms in total. The molecular formula is C38H44. The van der Waals surface area contributed by atoms with Crippen molar-refractivity contribution >= 4 is 11.1 Å². The van der Waals surface area contributed by atoms with Crippen LogP contribution in [0.5, 0.6) is 0 Å². The van der Waals surface area contributed by atoms with Gasteiger partial charge in [0.05, 0.1) is 0 Å². The van der Waals surface area contributed by atoms with Gasteiger partial charge in [-0.3, -0.25) is 0 Å². The largest absolute Gasteiger partial charge is 0.0511 e. The lowest BCUT2D eigenvalue weighted by Gasteiger charge is -2.23. The quantitative estimate of drug-likeness (QED) is 0.244. The molecule has 4 aromatic carbocycles. The van der Waals surface area contributed by atoms with Crippen LogP contribution in [-0.4, -0.2) is 0 Å². The Morgan fingerprint density at radius 2 is 0.395 bits per heavy atom. The van der Waals surface area contributed by atoms with Crippen molar-refractivity contribution in [3.63, 3.8) is 0 Å². The predicted octanol–water partition coefficient (Wildman–Crippen LogP) is 10.4. The third-order valence-corrected chi connectivity index (χ3v) is 9.11. The molecule has 0 aliphatic rings. The van der Waals surface area contributed by atoms with Crippen molar-refractivity contribution in [3.8, 4) is 0 Å². The Morgan fingerprint density at radius 3 is 0.526 bits per heavy atom. The van der Waals surface area contributed by atoms with Crippen LogP contribution in [0.1, 0.15) is 89.0 Å². The second-order valence-corrected chi connectivity index (χ2v) is 11.7. The zero-order valence-corrected chi connectivity index (χ0v) is 25.6. The van der Waals surface area contributed by atoms with E-state index in [1.165, 1.54) is 100 Å². The molecule has 4 aromatic rings. The Morgan fingerprint density at radius 1 is 0.263 bits per heavy atom. The summed E-state index contributed by atoms with van der Waals surface area (Å²) in [4.78, 5) is 0. The summed E-state index contributed by atoms with van der Waals surface area (Å²) in [5, 5.41) is 0. The van der Waals surface area contributed by atoms with Gasteiger partial charge in [-0.05, 0) is 183 Å². The second kappa shape index (κ2) is 10.4. The van der Waals surface area contributed by atoms with Crippen molar-refractivity contribution in [2.75, 3.05) is 0 Å². The fourth-order valence-electron chi connectivity index (χ4n) is 5.63. The number of hydrogen-bond donors (Lipinski definition) is 0. The second-order valence-electron chi connectivity index (χ2n) is 11.7. The van der Waals surface area contributed by atoms with E-state index < -0.39 is 0 Å². The van der Waals surface area contributed by atoms with Gasteiger partial charge < -0.3 is 0 Å². The molecule has 38 heavy (non-hydrogen) atoms. The van der Waals surface area contributed by atoms with Crippen molar-refractivity contribution in [2.24, 2.45) is 0 Å². The molecule has 0 amide bonds. The molecule has 0 aliphatic carbocycles. The highest BCUT2D eigenvalue weighted by Gasteiger charge is 2.20. The van der Waals surface area contributed by atoms with Gasteiger partial charge >= 0.3 is 0 Å². The van der Waals surface area contributed by atoms with Crippen LogP contribution in [0.4, 0.5) is 0 Å². The predicted molar refractivity (Wildman–Crippen MR) is 168 cm³/mol. The van der Waals surface area contributed by atoms with E-state index in [0.717, 1.165) is 0 Å². The Labute approximate surface area is 231 Å². The Hall–Kier alpha value is -3.38. The van der Waals surface area contributed by atoms with E-state index in [1.54, 1.807) is 0 Å². The highest BCUT2D eigenvalue weighted by atomic mass is 14.2. The zero-order valence-electron chi connectivity index (χ0n) is 25.6. The molecule has 0 aromatic heterocycles. The average Bonchev–Trinajstić information content (AvgIpc) is 2.85. The highest BCUT2D eigenvalue weighted by Crippen LogP contribution is 2.40. The summed E-state index contributed by atoms with van der Waals surface area (Å²) in [5.41, 5.74) is 24.0. The monoisotopic (exact) mass is 500 g/mol. The maximum Gasteiger partial charge on any atom is -0.00264 e. The molecule has 0 radical (unpaired) electrons. The molecule has 0 fully saturated rings. The minimum absolute atomic E-state index is 1.29. The summed E-state index contributed by atoms with van der Waals surface area (Å²) in [7, 11) is 0. The summed E-state index contributed by atoms with van der Waals surface area (Å²) >= 11 is 0. The SMILES string of the molecule is Cc1cc(C(=C(c2cc(C)c(C)c(C)c2)c2cc(C)c(C)c(C)c2)c2cc(C)c(C)c(C)c2)cc(C)c1C. The summed E-state index contributed by atoms with van der Waals surface area (Å²) in [6, 6.07) is 19.1. The topological polar surface area (TPSA) is 0 Å². The van der Waals surface area contributed by atoms with Gasteiger partial charge in [-0.1, -0.05) is 48.5 Å². The molecule has 0 N–H and O–H groups in total. The van der Waals surface area contributed by atoms with Crippen LogP contribution in [0.25, 0.3) is 11.1 Å². The van der Waals surface area contributed by atoms with E-state index >= 15 is 0 Å². The molecule has 0 saturated heterocycles. The minimum Gasteiger partial charge on any atom is -0.0511 e. The van der Waals surface area contributed by atoms with Gasteiger partial charge in [0.15, 0.2) is 0 Å². The molecule has 196 valence electrons. The van der Waals surface area contributed by atoms with Crippen LogP contribution in [0, 0.1) is 83.1 Å². The smallest absolute Gasteiger partial charge is 0.00264 e. The van der Waals surface area contributed by atoms with Gasteiger partial charge in [0, 0.05) is 0 Å². The first kappa shape index (κ1) is 27.6. The fraction of sp³-hybridized carbons (Fsp3) is 0.316. The first-order valence-electron chi connectivity index (χ1n) is 13.9. The van der Waals surface area contributed by atoms with Crippen LogP contribution < -0.4 is 0 Å². The maximum absolute atomic E-state index is 2.39. The van der Waals surface area contributed by atoms with Crippen molar-refractivity contribution in [2.45, 2.75) is 83.1 Å². The van der Waals surface area contributed by atoms with Gasteiger partial charge in [0.25, 0.3) is 0 Å². The first-order chi connectivity index (χ1) is 17.8. The molecule has 0 heterocycles.